The fourth-order valence-corrected chi connectivity index (χ4v) is 11.8. The molecule has 0 amide bonds. The maximum absolute atomic E-state index is 10.5. The van der Waals surface area contributed by atoms with Gasteiger partial charge in [0.1, 0.15) is 0 Å². The second kappa shape index (κ2) is 7.72. The van der Waals surface area contributed by atoms with Crippen LogP contribution in [0.2, 0.25) is 0 Å². The molecule has 2 spiro atoms. The molecule has 0 aromatic heterocycles. The van der Waals surface area contributed by atoms with Gasteiger partial charge in [0.25, 0.3) is 0 Å². The van der Waals surface area contributed by atoms with Crippen LogP contribution in [0.3, 0.4) is 0 Å². The SMILES string of the molecule is CO[C@H]1CC[C@]23C[C@]24CC[C@]2(C)[C@@H]([C@H](C)CCC(C)C(C)(C)O)CC[C@@]2(C)[C@@H]4CC[C@H]3C1(C)C. The summed E-state index contributed by atoms with van der Waals surface area (Å²) in [5, 5.41) is 10.5. The first-order chi connectivity index (χ1) is 15.7. The number of rotatable bonds is 6. The normalized spacial score (nSPS) is 51.0. The van der Waals surface area contributed by atoms with Crippen LogP contribution in [0.4, 0.5) is 0 Å². The van der Waals surface area contributed by atoms with Gasteiger partial charge in [0.15, 0.2) is 0 Å². The lowest BCUT2D eigenvalue weighted by molar-refractivity contribution is -0.166. The van der Waals surface area contributed by atoms with Gasteiger partial charge in [0.05, 0.1) is 11.7 Å². The minimum absolute atomic E-state index is 0.326. The molecule has 0 heterocycles. The van der Waals surface area contributed by atoms with E-state index in [0.717, 1.165) is 30.1 Å². The summed E-state index contributed by atoms with van der Waals surface area (Å²) in [6, 6.07) is 0. The van der Waals surface area contributed by atoms with Gasteiger partial charge in [-0.25, -0.2) is 0 Å². The van der Waals surface area contributed by atoms with E-state index in [-0.39, 0.29) is 0 Å². The van der Waals surface area contributed by atoms with Gasteiger partial charge in [-0.05, 0) is 135 Å². The van der Waals surface area contributed by atoms with Crippen molar-refractivity contribution in [2.24, 2.45) is 56.7 Å². The van der Waals surface area contributed by atoms with Crippen molar-refractivity contribution in [3.8, 4) is 0 Å². The van der Waals surface area contributed by atoms with E-state index in [1.165, 1.54) is 64.2 Å². The number of aliphatic hydroxyl groups is 1. The molecule has 1 N–H and O–H groups in total. The summed E-state index contributed by atoms with van der Waals surface area (Å²) in [5.41, 5.74) is 2.06. The van der Waals surface area contributed by atoms with E-state index in [0.29, 0.717) is 39.1 Å². The lowest BCUT2D eigenvalue weighted by Crippen LogP contribution is -2.57. The van der Waals surface area contributed by atoms with Crippen LogP contribution in [0.5, 0.6) is 0 Å². The quantitative estimate of drug-likeness (QED) is 0.421. The molecule has 2 heteroatoms. The fourth-order valence-electron chi connectivity index (χ4n) is 11.8. The number of fused-ring (bicyclic) bond motifs is 2. The van der Waals surface area contributed by atoms with Crippen LogP contribution in [0.25, 0.3) is 0 Å². The minimum atomic E-state index is -0.556. The van der Waals surface area contributed by atoms with Gasteiger partial charge in [0, 0.05) is 7.11 Å². The molecule has 34 heavy (non-hydrogen) atoms. The summed E-state index contributed by atoms with van der Waals surface area (Å²) in [7, 11) is 1.95. The molecule has 5 saturated carbocycles. The average molecular weight is 473 g/mol. The van der Waals surface area contributed by atoms with Gasteiger partial charge >= 0.3 is 0 Å². The zero-order chi connectivity index (χ0) is 24.9. The summed E-state index contributed by atoms with van der Waals surface area (Å²) in [4.78, 5) is 0. The van der Waals surface area contributed by atoms with Crippen LogP contribution >= 0.6 is 0 Å². The van der Waals surface area contributed by atoms with Crippen molar-refractivity contribution in [3.05, 3.63) is 0 Å². The van der Waals surface area contributed by atoms with Crippen LogP contribution in [0.1, 0.15) is 126 Å². The molecule has 1 unspecified atom stereocenters. The lowest BCUT2D eigenvalue weighted by Gasteiger charge is -2.63. The Morgan fingerprint density at radius 2 is 1.47 bits per heavy atom. The average Bonchev–Trinajstić information content (AvgIpc) is 3.33. The van der Waals surface area contributed by atoms with E-state index < -0.39 is 5.60 Å². The predicted octanol–water partition coefficient (Wildman–Crippen LogP) is 8.26. The van der Waals surface area contributed by atoms with Gasteiger partial charge in [-0.3, -0.25) is 0 Å². The zero-order valence-electron chi connectivity index (χ0n) is 24.1. The molecule has 0 saturated heterocycles. The third-order valence-electron chi connectivity index (χ3n) is 14.3. The van der Waals surface area contributed by atoms with Crippen molar-refractivity contribution in [3.63, 3.8) is 0 Å². The Hall–Kier alpha value is -0.0800. The molecular formula is C32H56O2. The number of methoxy groups -OCH3 is 1. The molecule has 5 aliphatic rings. The van der Waals surface area contributed by atoms with Crippen molar-refractivity contribution in [1.29, 1.82) is 0 Å². The fraction of sp³-hybridized carbons (Fsp3) is 1.00. The highest BCUT2D eigenvalue weighted by Crippen LogP contribution is 2.89. The van der Waals surface area contributed by atoms with E-state index in [9.17, 15) is 5.11 Å². The van der Waals surface area contributed by atoms with E-state index in [1.807, 2.05) is 21.0 Å². The summed E-state index contributed by atoms with van der Waals surface area (Å²) >= 11 is 0. The lowest BCUT2D eigenvalue weighted by atomic mass is 9.41. The summed E-state index contributed by atoms with van der Waals surface area (Å²) in [6.45, 7) is 19.3. The summed E-state index contributed by atoms with van der Waals surface area (Å²) < 4.78 is 6.04. The first-order valence-corrected chi connectivity index (χ1v) is 14.9. The minimum Gasteiger partial charge on any atom is -0.390 e. The van der Waals surface area contributed by atoms with E-state index in [2.05, 4.69) is 41.5 Å². The van der Waals surface area contributed by atoms with Crippen molar-refractivity contribution >= 4 is 0 Å². The Morgan fingerprint density at radius 3 is 2.12 bits per heavy atom. The Bertz CT molecular complexity index is 795. The molecule has 0 bridgehead atoms. The highest BCUT2D eigenvalue weighted by atomic mass is 16.5. The molecule has 0 aromatic rings. The van der Waals surface area contributed by atoms with Crippen LogP contribution < -0.4 is 0 Å². The maximum atomic E-state index is 10.5. The van der Waals surface area contributed by atoms with Crippen molar-refractivity contribution in [2.75, 3.05) is 7.11 Å². The van der Waals surface area contributed by atoms with E-state index >= 15 is 0 Å². The summed E-state index contributed by atoms with van der Waals surface area (Å²) in [5.74, 6) is 3.81. The third-order valence-corrected chi connectivity index (χ3v) is 14.3. The zero-order valence-corrected chi connectivity index (χ0v) is 24.1. The standard InChI is InChI=1S/C32H56O2/c1-21(10-11-22(2)28(5,6)33)23-14-16-30(8)25-13-12-24-27(3,4)26(34-9)15-17-31(24)20-32(25,31)19-18-29(23,30)7/h21-26,33H,10-20H2,1-9H3/t21-,22?,23-,24+,25+,26+,29-,30+,31-,32+/m1/s1. The van der Waals surface area contributed by atoms with Crippen LogP contribution in [-0.2, 0) is 4.74 Å². The molecule has 2 nitrogen and oxygen atoms in total. The monoisotopic (exact) mass is 472 g/mol. The molecular weight excluding hydrogens is 416 g/mol. The highest BCUT2D eigenvalue weighted by molar-refractivity contribution is 5.30. The second-order valence-electron chi connectivity index (χ2n) is 15.8. The summed E-state index contributed by atoms with van der Waals surface area (Å²) in [6.07, 6.45) is 15.9. The third kappa shape index (κ3) is 3.12. The molecule has 10 atom stereocenters. The topological polar surface area (TPSA) is 29.5 Å². The van der Waals surface area contributed by atoms with Crippen molar-refractivity contribution in [2.45, 2.75) is 138 Å². The Morgan fingerprint density at radius 1 is 0.824 bits per heavy atom. The van der Waals surface area contributed by atoms with Gasteiger partial charge in [0.2, 0.25) is 0 Å². The van der Waals surface area contributed by atoms with Crippen molar-refractivity contribution in [1.82, 2.24) is 0 Å². The van der Waals surface area contributed by atoms with Crippen LogP contribution in [0, 0.1) is 56.7 Å². The smallest absolute Gasteiger partial charge is 0.0625 e. The Labute approximate surface area is 211 Å². The van der Waals surface area contributed by atoms with E-state index in [4.69, 9.17) is 4.74 Å². The van der Waals surface area contributed by atoms with Crippen LogP contribution in [-0.4, -0.2) is 23.9 Å². The first-order valence-electron chi connectivity index (χ1n) is 14.9. The van der Waals surface area contributed by atoms with Crippen molar-refractivity contribution < 1.29 is 9.84 Å². The molecule has 196 valence electrons. The molecule has 5 rings (SSSR count). The first kappa shape index (κ1) is 25.6. The van der Waals surface area contributed by atoms with Gasteiger partial charge in [-0.2, -0.15) is 0 Å². The maximum Gasteiger partial charge on any atom is 0.0625 e. The van der Waals surface area contributed by atoms with Crippen LogP contribution in [0.15, 0.2) is 0 Å². The van der Waals surface area contributed by atoms with E-state index in [1.54, 1.807) is 0 Å². The molecule has 5 aliphatic carbocycles. The molecule has 0 radical (unpaired) electrons. The Balaban J connectivity index is 1.36. The highest BCUT2D eigenvalue weighted by Gasteiger charge is 2.82. The number of ether oxygens (including phenoxy) is 1. The Kier molecular flexibility index (Phi) is 5.80. The molecule has 5 fully saturated rings. The number of hydrogen-bond donors (Lipinski definition) is 1. The molecule has 0 aliphatic heterocycles. The van der Waals surface area contributed by atoms with Gasteiger partial charge in [-0.1, -0.05) is 48.0 Å². The predicted molar refractivity (Wildman–Crippen MR) is 142 cm³/mol. The van der Waals surface area contributed by atoms with Gasteiger partial charge in [-0.15, -0.1) is 0 Å². The number of hydrogen-bond acceptors (Lipinski definition) is 2. The van der Waals surface area contributed by atoms with Gasteiger partial charge < -0.3 is 9.84 Å². The molecule has 0 aromatic carbocycles. The second-order valence-corrected chi connectivity index (χ2v) is 15.8. The largest absolute Gasteiger partial charge is 0.390 e.